The highest BCUT2D eigenvalue weighted by atomic mass is 16.4. The molecule has 122 heavy (non-hydrogen) atoms. The standard InChI is InChI=1S/C86H130N20O16/c1-11-50(6)72(85(120)106-39-25-35-70(106)84(119)97-54(10)86(121)122)105-75(110)53(9)94-78(113)64(33-20-23-37-88)100-83(118)67(41-49(4)5)101-74(109)52(8)96-82(117)69(44-57-46-92-62-31-18-16-29-59(57)62)104-80(115)65(34-21-24-38-89)99-73(108)51(7)95-81(116)66(40-48(2)3)103-79(114)63(32-19-22-36-87)98-71(107)47-93-77(112)68(43-56-45-91-61-30-17-15-28-58(56)61)102-76(111)60(90)42-55-26-13-12-14-27-55/h12-18,26-31,45-46,48-54,60,63-70,72,91-92H,11,19-25,32-44,47,87-90H2,1-10H3,(H,93,112)(H,94,113)(H,95,116)(H,96,117)(H,97,119)(H,98,107)(H,99,108)(H,100,118)(H,101,109)(H,102,111)(H,103,114)(H,104,115)(H,105,110)(H,121,122)/t50-,51-,52-,53-,54-,60-,63-,64-,65-,66-,67-,68-,69-,70-,72-/m0/s1. The van der Waals surface area contributed by atoms with Crippen LogP contribution in [0.25, 0.3) is 21.8 Å². The lowest BCUT2D eigenvalue weighted by atomic mass is 9.97. The number of para-hydroxylation sites is 2. The number of nitrogens with two attached hydrogens (primary N) is 4. The molecule has 1 aliphatic heterocycles. The first-order valence-corrected chi connectivity index (χ1v) is 42.5. The number of amides is 14. The van der Waals surface area contributed by atoms with Crippen molar-refractivity contribution in [2.24, 2.45) is 40.7 Å². The van der Waals surface area contributed by atoms with E-state index < -0.39 is 186 Å². The first kappa shape index (κ1) is 99.4. The number of carbonyl (C=O) groups is 15. The lowest BCUT2D eigenvalue weighted by Gasteiger charge is -2.32. The molecule has 670 valence electrons. The average Bonchev–Trinajstić information content (AvgIpc) is 1.44. The molecule has 14 amide bonds. The smallest absolute Gasteiger partial charge is 0.325 e. The van der Waals surface area contributed by atoms with Crippen molar-refractivity contribution in [1.82, 2.24) is 84.0 Å². The number of benzene rings is 3. The minimum atomic E-state index is -1.44. The van der Waals surface area contributed by atoms with Crippen LogP contribution in [0.15, 0.2) is 91.3 Å². The Bertz CT molecular complexity index is 4350. The summed E-state index contributed by atoms with van der Waals surface area (Å²) < 4.78 is 0. The number of hydrogen-bond donors (Lipinski definition) is 20. The van der Waals surface area contributed by atoms with E-state index in [2.05, 4.69) is 79.1 Å². The summed E-state index contributed by atoms with van der Waals surface area (Å²) in [5, 5.41) is 45.9. The summed E-state index contributed by atoms with van der Waals surface area (Å²) in [4.78, 5) is 218. The first-order valence-electron chi connectivity index (χ1n) is 42.5. The summed E-state index contributed by atoms with van der Waals surface area (Å²) in [7, 11) is 0. The second-order valence-electron chi connectivity index (χ2n) is 32.6. The lowest BCUT2D eigenvalue weighted by molar-refractivity contribution is -0.145. The molecule has 0 unspecified atom stereocenters. The zero-order valence-corrected chi connectivity index (χ0v) is 71.9. The van der Waals surface area contributed by atoms with Crippen molar-refractivity contribution in [3.8, 4) is 0 Å². The van der Waals surface area contributed by atoms with E-state index in [9.17, 15) is 77.0 Å². The lowest BCUT2D eigenvalue weighted by Crippen LogP contribution is -2.60. The summed E-state index contributed by atoms with van der Waals surface area (Å²) >= 11 is 0. The maximum Gasteiger partial charge on any atom is 0.325 e. The number of nitrogens with zero attached hydrogens (tertiary/aromatic N) is 1. The summed E-state index contributed by atoms with van der Waals surface area (Å²) in [6.45, 7) is 16.5. The van der Waals surface area contributed by atoms with Gasteiger partial charge in [-0.2, -0.15) is 0 Å². The molecule has 6 rings (SSSR count). The molecule has 3 heterocycles. The summed E-state index contributed by atoms with van der Waals surface area (Å²) in [6.07, 6.45) is 7.19. The van der Waals surface area contributed by atoms with E-state index in [1.54, 1.807) is 45.3 Å². The molecule has 0 saturated carbocycles. The number of carbonyl (C=O) groups excluding carboxylic acids is 14. The van der Waals surface area contributed by atoms with Crippen molar-refractivity contribution in [3.05, 3.63) is 108 Å². The molecular weight excluding hydrogens is 1570 g/mol. The Morgan fingerprint density at radius 3 is 1.30 bits per heavy atom. The van der Waals surface area contributed by atoms with E-state index in [1.807, 2.05) is 87.5 Å². The van der Waals surface area contributed by atoms with Gasteiger partial charge >= 0.3 is 5.97 Å². The zero-order valence-electron chi connectivity index (χ0n) is 71.9. The van der Waals surface area contributed by atoms with Gasteiger partial charge in [-0.1, -0.05) is 115 Å². The normalized spacial score (nSPS) is 16.1. The highest BCUT2D eigenvalue weighted by molar-refractivity contribution is 6.01. The minimum absolute atomic E-state index is 0.00183. The average molecular weight is 1700 g/mol. The van der Waals surface area contributed by atoms with Gasteiger partial charge in [0.2, 0.25) is 82.7 Å². The van der Waals surface area contributed by atoms with Crippen LogP contribution in [0.3, 0.4) is 0 Å². The molecule has 0 radical (unpaired) electrons. The van der Waals surface area contributed by atoms with Crippen molar-refractivity contribution in [3.63, 3.8) is 0 Å². The van der Waals surface area contributed by atoms with E-state index in [1.165, 1.54) is 32.6 Å². The van der Waals surface area contributed by atoms with E-state index >= 15 is 0 Å². The number of carboxylic acid groups (broad SMARTS) is 1. The Morgan fingerprint density at radius 2 is 0.828 bits per heavy atom. The Kier molecular flexibility index (Phi) is 40.9. The van der Waals surface area contributed by atoms with Crippen LogP contribution in [0.5, 0.6) is 0 Å². The van der Waals surface area contributed by atoms with Crippen LogP contribution in [0.1, 0.15) is 176 Å². The highest BCUT2D eigenvalue weighted by Crippen LogP contribution is 2.25. The SMILES string of the molecule is CC[C@H](C)[C@H](NC(=O)[C@H](C)NC(=O)[C@H](CCCCN)NC(=O)[C@H](CC(C)C)NC(=O)[C@H](C)NC(=O)[C@H](Cc1c[nH]c2ccccc12)NC(=O)[C@H](CCCCN)NC(=O)[C@H](C)NC(=O)[C@H](CC(C)C)NC(=O)[C@H](CCCCN)NC(=O)CNC(=O)[C@H](Cc1c[nH]c2ccccc12)NC(=O)[C@@H](N)Cc1ccccc1)C(=O)N1CCC[C@H]1C(=O)N[C@@H](C)C(=O)O. The molecule has 2 aromatic heterocycles. The Morgan fingerprint density at radius 1 is 0.434 bits per heavy atom. The third-order valence-electron chi connectivity index (χ3n) is 21.6. The van der Waals surface area contributed by atoms with E-state index in [0.29, 0.717) is 73.4 Å². The number of fused-ring (bicyclic) bond motifs is 2. The molecule has 1 aliphatic rings. The number of likely N-dealkylation sites (tertiary alicyclic amines) is 1. The maximum absolute atomic E-state index is 14.8. The molecule has 0 spiro atoms. The molecule has 15 atom stereocenters. The van der Waals surface area contributed by atoms with Crippen molar-refractivity contribution in [1.29, 1.82) is 0 Å². The zero-order chi connectivity index (χ0) is 89.9. The summed E-state index contributed by atoms with van der Waals surface area (Å²) in [6, 6.07) is 6.31. The van der Waals surface area contributed by atoms with Crippen LogP contribution < -0.4 is 92.1 Å². The number of aromatic amines is 2. The Balaban J connectivity index is 1.12. The van der Waals surface area contributed by atoms with Crippen LogP contribution in [0, 0.1) is 17.8 Å². The molecule has 5 aromatic rings. The van der Waals surface area contributed by atoms with Crippen LogP contribution in [0.4, 0.5) is 0 Å². The third-order valence-corrected chi connectivity index (χ3v) is 21.6. The van der Waals surface area contributed by atoms with Gasteiger partial charge in [0, 0.05) is 53.6 Å². The van der Waals surface area contributed by atoms with Gasteiger partial charge in [0.05, 0.1) is 12.6 Å². The van der Waals surface area contributed by atoms with Crippen molar-refractivity contribution in [2.75, 3.05) is 32.7 Å². The number of hydrogen-bond acceptors (Lipinski definition) is 19. The van der Waals surface area contributed by atoms with Crippen molar-refractivity contribution >= 4 is 110 Å². The number of H-pyrrole nitrogens is 2. The van der Waals surface area contributed by atoms with Crippen LogP contribution in [-0.4, -0.2) is 226 Å². The van der Waals surface area contributed by atoms with Crippen molar-refractivity contribution in [2.45, 2.75) is 263 Å². The quantitative estimate of drug-likeness (QED) is 0.0237. The summed E-state index contributed by atoms with van der Waals surface area (Å²) in [5.41, 5.74) is 27.6. The Hall–Kier alpha value is -11.4. The first-order chi connectivity index (χ1) is 58.1. The van der Waals surface area contributed by atoms with Crippen molar-refractivity contribution < 1.29 is 77.0 Å². The van der Waals surface area contributed by atoms with Gasteiger partial charge in [-0.25, -0.2) is 0 Å². The van der Waals surface area contributed by atoms with Gasteiger partial charge in [0.15, 0.2) is 0 Å². The largest absolute Gasteiger partial charge is 0.480 e. The number of aliphatic carboxylic acids is 1. The fourth-order valence-electron chi connectivity index (χ4n) is 14.3. The molecule has 1 saturated heterocycles. The summed E-state index contributed by atoms with van der Waals surface area (Å²) in [5.74, 6) is -12.6. The van der Waals surface area contributed by atoms with Gasteiger partial charge in [-0.15, -0.1) is 0 Å². The molecule has 0 bridgehead atoms. The third kappa shape index (κ3) is 31.3. The van der Waals surface area contributed by atoms with E-state index in [4.69, 9.17) is 22.9 Å². The fraction of sp³-hybridized carbons (Fsp3) is 0.570. The topological polar surface area (TPSA) is 572 Å². The molecule has 1 fully saturated rings. The molecule has 36 nitrogen and oxygen atoms in total. The van der Waals surface area contributed by atoms with Gasteiger partial charge < -0.3 is 112 Å². The number of aromatic nitrogens is 2. The van der Waals surface area contributed by atoms with Gasteiger partial charge in [0.25, 0.3) is 0 Å². The van der Waals surface area contributed by atoms with Crippen LogP contribution in [-0.2, 0) is 91.2 Å². The minimum Gasteiger partial charge on any atom is -0.480 e. The molecular formula is C86H130N20O16. The molecule has 24 N–H and O–H groups in total. The highest BCUT2D eigenvalue weighted by Gasteiger charge is 2.42. The molecule has 36 heteroatoms. The predicted octanol–water partition coefficient (Wildman–Crippen LogP) is 0.619. The fourth-order valence-corrected chi connectivity index (χ4v) is 14.3. The van der Waals surface area contributed by atoms with E-state index in [0.717, 1.165) is 16.5 Å². The Labute approximate surface area is 712 Å². The molecule has 0 aliphatic carbocycles. The van der Waals surface area contributed by atoms with Gasteiger partial charge in [-0.3, -0.25) is 71.9 Å². The van der Waals surface area contributed by atoms with Crippen LogP contribution in [0.2, 0.25) is 0 Å². The number of carboxylic acids is 1. The predicted molar refractivity (Wildman–Crippen MR) is 460 cm³/mol. The monoisotopic (exact) mass is 1700 g/mol. The van der Waals surface area contributed by atoms with Crippen LogP contribution >= 0.6 is 0 Å². The number of unbranched alkanes of at least 4 members (excludes halogenated alkanes) is 3. The second kappa shape index (κ2) is 50.1. The van der Waals surface area contributed by atoms with E-state index in [-0.39, 0.29) is 95.8 Å². The van der Waals surface area contributed by atoms with Gasteiger partial charge in [0.1, 0.15) is 78.5 Å². The maximum atomic E-state index is 14.8. The second-order valence-corrected chi connectivity index (χ2v) is 32.6. The van der Waals surface area contributed by atoms with Gasteiger partial charge in [-0.05, 0) is 184 Å². The number of nitrogens with one attached hydrogen (secondary N) is 15. The molecule has 3 aromatic carbocycles. The number of rotatable bonds is 52.